The standard InChI is InChI=1S/C29H42N2/c1-3-5-6-7-9-23-12-16-25(17-13-23)27-19-18-26(28(20-30)29(27)21-31)24-14-10-22(8-4-2)11-15-24/h18-19,22-25H,3-17H2,1-2H3/t22-,23-,24-,25-. The first-order valence-corrected chi connectivity index (χ1v) is 13.2. The predicted octanol–water partition coefficient (Wildman–Crippen LogP) is 8.75. The van der Waals surface area contributed by atoms with Crippen LogP contribution in [0.3, 0.4) is 0 Å². The maximum Gasteiger partial charge on any atom is 0.101 e. The Morgan fingerprint density at radius 1 is 0.645 bits per heavy atom. The number of hydrogen-bond donors (Lipinski definition) is 0. The van der Waals surface area contributed by atoms with E-state index in [2.05, 4.69) is 38.1 Å². The Balaban J connectivity index is 1.67. The monoisotopic (exact) mass is 418 g/mol. The minimum absolute atomic E-state index is 0.461. The van der Waals surface area contributed by atoms with Gasteiger partial charge in [-0.2, -0.15) is 10.5 Å². The summed E-state index contributed by atoms with van der Waals surface area (Å²) in [4.78, 5) is 0. The smallest absolute Gasteiger partial charge is 0.101 e. The van der Waals surface area contributed by atoms with Crippen LogP contribution < -0.4 is 0 Å². The molecule has 0 bridgehead atoms. The molecule has 0 N–H and O–H groups in total. The van der Waals surface area contributed by atoms with Crippen molar-refractivity contribution in [2.75, 3.05) is 0 Å². The molecule has 0 aliphatic heterocycles. The zero-order valence-electron chi connectivity index (χ0n) is 20.0. The van der Waals surface area contributed by atoms with E-state index in [1.165, 1.54) is 96.3 Å². The van der Waals surface area contributed by atoms with Gasteiger partial charge in [0.15, 0.2) is 0 Å². The van der Waals surface area contributed by atoms with Gasteiger partial charge in [-0.1, -0.05) is 70.9 Å². The topological polar surface area (TPSA) is 47.6 Å². The Labute approximate surface area is 191 Å². The highest BCUT2D eigenvalue weighted by molar-refractivity contribution is 5.56. The molecule has 0 saturated heterocycles. The molecule has 0 atom stereocenters. The van der Waals surface area contributed by atoms with Gasteiger partial charge in [-0.25, -0.2) is 0 Å². The van der Waals surface area contributed by atoms with Crippen LogP contribution in [0.2, 0.25) is 0 Å². The van der Waals surface area contributed by atoms with Gasteiger partial charge < -0.3 is 0 Å². The van der Waals surface area contributed by atoms with Crippen molar-refractivity contribution in [3.8, 4) is 12.1 Å². The van der Waals surface area contributed by atoms with Crippen molar-refractivity contribution in [3.63, 3.8) is 0 Å². The van der Waals surface area contributed by atoms with Gasteiger partial charge in [0, 0.05) is 0 Å². The molecular weight excluding hydrogens is 376 g/mol. The maximum absolute atomic E-state index is 10.0. The van der Waals surface area contributed by atoms with Crippen molar-refractivity contribution >= 4 is 0 Å². The normalized spacial score (nSPS) is 26.2. The number of unbranched alkanes of at least 4 members (excludes halogenated alkanes) is 3. The van der Waals surface area contributed by atoms with Crippen LogP contribution in [0.4, 0.5) is 0 Å². The lowest BCUT2D eigenvalue weighted by Crippen LogP contribution is -2.17. The Morgan fingerprint density at radius 2 is 1.13 bits per heavy atom. The van der Waals surface area contributed by atoms with Gasteiger partial charge in [-0.05, 0) is 86.2 Å². The summed E-state index contributed by atoms with van der Waals surface area (Å²) < 4.78 is 0. The number of benzene rings is 1. The second-order valence-electron chi connectivity index (χ2n) is 10.3. The molecule has 0 heterocycles. The molecule has 2 aliphatic carbocycles. The summed E-state index contributed by atoms with van der Waals surface area (Å²) in [6.07, 6.45) is 19.2. The molecule has 31 heavy (non-hydrogen) atoms. The Morgan fingerprint density at radius 3 is 1.55 bits per heavy atom. The number of hydrogen-bond acceptors (Lipinski definition) is 2. The molecule has 1 aromatic rings. The van der Waals surface area contributed by atoms with E-state index in [1.54, 1.807) is 0 Å². The average molecular weight is 419 g/mol. The van der Waals surface area contributed by atoms with Crippen LogP contribution in [0.25, 0.3) is 0 Å². The van der Waals surface area contributed by atoms with Crippen molar-refractivity contribution in [3.05, 3.63) is 34.4 Å². The number of nitrogens with zero attached hydrogens (tertiary/aromatic N) is 2. The van der Waals surface area contributed by atoms with Crippen LogP contribution >= 0.6 is 0 Å². The van der Waals surface area contributed by atoms with Crippen LogP contribution in [0.5, 0.6) is 0 Å². The van der Waals surface area contributed by atoms with E-state index in [4.69, 9.17) is 0 Å². The van der Waals surface area contributed by atoms with Gasteiger partial charge in [0.05, 0.1) is 11.1 Å². The summed E-state index contributed by atoms with van der Waals surface area (Å²) in [7, 11) is 0. The van der Waals surface area contributed by atoms with Gasteiger partial charge >= 0.3 is 0 Å². The molecule has 168 valence electrons. The second-order valence-corrected chi connectivity index (χ2v) is 10.3. The molecule has 0 spiro atoms. The lowest BCUT2D eigenvalue weighted by atomic mass is 9.73. The van der Waals surface area contributed by atoms with E-state index in [0.29, 0.717) is 23.0 Å². The van der Waals surface area contributed by atoms with Gasteiger partial charge in [-0.3, -0.25) is 0 Å². The molecule has 2 aliphatic rings. The molecule has 0 aromatic heterocycles. The highest BCUT2D eigenvalue weighted by atomic mass is 14.4. The van der Waals surface area contributed by atoms with Gasteiger partial charge in [0.25, 0.3) is 0 Å². The van der Waals surface area contributed by atoms with Crippen LogP contribution in [0.15, 0.2) is 12.1 Å². The van der Waals surface area contributed by atoms with E-state index in [1.807, 2.05) is 0 Å². The molecule has 0 radical (unpaired) electrons. The van der Waals surface area contributed by atoms with E-state index in [9.17, 15) is 10.5 Å². The highest BCUT2D eigenvalue weighted by Gasteiger charge is 2.29. The predicted molar refractivity (Wildman–Crippen MR) is 129 cm³/mol. The summed E-state index contributed by atoms with van der Waals surface area (Å²) in [5.41, 5.74) is 3.71. The second kappa shape index (κ2) is 12.3. The first-order chi connectivity index (χ1) is 15.2. The third-order valence-corrected chi connectivity index (χ3v) is 8.23. The number of nitriles is 2. The lowest BCUT2D eigenvalue weighted by Gasteiger charge is -2.31. The Hall–Kier alpha value is -1.80. The zero-order chi connectivity index (χ0) is 22.1. The first kappa shape index (κ1) is 23.9. The Kier molecular flexibility index (Phi) is 9.46. The largest absolute Gasteiger partial charge is 0.192 e. The molecular formula is C29H42N2. The summed E-state index contributed by atoms with van der Waals surface area (Å²) in [6.45, 7) is 4.55. The number of rotatable bonds is 9. The summed E-state index contributed by atoms with van der Waals surface area (Å²) >= 11 is 0. The van der Waals surface area contributed by atoms with Gasteiger partial charge in [-0.15, -0.1) is 0 Å². The fourth-order valence-corrected chi connectivity index (χ4v) is 6.35. The van der Waals surface area contributed by atoms with E-state index >= 15 is 0 Å². The van der Waals surface area contributed by atoms with Crippen molar-refractivity contribution in [2.45, 2.75) is 122 Å². The van der Waals surface area contributed by atoms with Crippen molar-refractivity contribution in [1.82, 2.24) is 0 Å². The fraction of sp³-hybridized carbons (Fsp3) is 0.724. The Bertz CT molecular complexity index is 765. The molecule has 2 nitrogen and oxygen atoms in total. The molecule has 2 saturated carbocycles. The molecule has 1 aromatic carbocycles. The fourth-order valence-electron chi connectivity index (χ4n) is 6.35. The van der Waals surface area contributed by atoms with E-state index in [0.717, 1.165) is 23.0 Å². The van der Waals surface area contributed by atoms with Crippen molar-refractivity contribution in [2.24, 2.45) is 11.8 Å². The summed E-state index contributed by atoms with van der Waals surface area (Å²) in [6, 6.07) is 9.35. The third kappa shape index (κ3) is 6.13. The third-order valence-electron chi connectivity index (χ3n) is 8.23. The molecule has 2 heteroatoms. The maximum atomic E-state index is 10.0. The van der Waals surface area contributed by atoms with Crippen LogP contribution in [0.1, 0.15) is 144 Å². The zero-order valence-corrected chi connectivity index (χ0v) is 20.0. The minimum Gasteiger partial charge on any atom is -0.192 e. The van der Waals surface area contributed by atoms with E-state index < -0.39 is 0 Å². The van der Waals surface area contributed by atoms with Crippen LogP contribution in [-0.4, -0.2) is 0 Å². The molecule has 3 rings (SSSR count). The average Bonchev–Trinajstić information content (AvgIpc) is 2.82. The van der Waals surface area contributed by atoms with Gasteiger partial charge in [0.1, 0.15) is 12.1 Å². The van der Waals surface area contributed by atoms with Gasteiger partial charge in [0.2, 0.25) is 0 Å². The SMILES string of the molecule is CCCCCC[C@H]1CC[C@H](c2ccc([C@H]3CC[C@H](CCC)CC3)c(C#N)c2C#N)CC1. The van der Waals surface area contributed by atoms with Crippen molar-refractivity contribution < 1.29 is 0 Å². The van der Waals surface area contributed by atoms with Crippen molar-refractivity contribution in [1.29, 1.82) is 10.5 Å². The minimum atomic E-state index is 0.461. The molecule has 0 unspecified atom stereocenters. The first-order valence-electron chi connectivity index (χ1n) is 13.2. The van der Waals surface area contributed by atoms with Crippen LogP contribution in [0, 0.1) is 34.5 Å². The van der Waals surface area contributed by atoms with E-state index in [-0.39, 0.29) is 0 Å². The quantitative estimate of drug-likeness (QED) is 0.376. The molecule has 0 amide bonds. The lowest BCUT2D eigenvalue weighted by molar-refractivity contribution is 0.301. The highest BCUT2D eigenvalue weighted by Crippen LogP contribution is 2.43. The summed E-state index contributed by atoms with van der Waals surface area (Å²) in [5.74, 6) is 2.65. The van der Waals surface area contributed by atoms with Crippen LogP contribution in [-0.2, 0) is 0 Å². The summed E-state index contributed by atoms with van der Waals surface area (Å²) in [5, 5.41) is 20.0. The molecule has 2 fully saturated rings.